The lowest BCUT2D eigenvalue weighted by atomic mass is 10.2. The van der Waals surface area contributed by atoms with Gasteiger partial charge in [0, 0.05) is 36.2 Å². The van der Waals surface area contributed by atoms with Gasteiger partial charge in [-0.15, -0.1) is 0 Å². The molecule has 0 N–H and O–H groups in total. The van der Waals surface area contributed by atoms with E-state index in [1.54, 1.807) is 22.5 Å². The van der Waals surface area contributed by atoms with Gasteiger partial charge in [0.1, 0.15) is 4.90 Å². The molecule has 1 aromatic carbocycles. The molecule has 0 unspecified atom stereocenters. The quantitative estimate of drug-likeness (QED) is 0.793. The fourth-order valence-corrected chi connectivity index (χ4v) is 5.22. The van der Waals surface area contributed by atoms with Crippen molar-refractivity contribution in [3.05, 3.63) is 27.7 Å². The molecule has 2 fully saturated rings. The normalized spacial score (nSPS) is 23.2. The molecule has 7 heteroatoms. The Kier molecular flexibility index (Phi) is 4.12. The summed E-state index contributed by atoms with van der Waals surface area (Å²) in [6.07, 6.45) is 2.44. The van der Waals surface area contributed by atoms with Crippen LogP contribution in [0.1, 0.15) is 19.8 Å². The van der Waals surface area contributed by atoms with E-state index in [9.17, 15) is 8.42 Å². The lowest BCUT2D eigenvalue weighted by molar-refractivity contribution is 0.132. The highest BCUT2D eigenvalue weighted by atomic mass is 79.9. The summed E-state index contributed by atoms with van der Waals surface area (Å²) in [7, 11) is -3.50. The Bertz CT molecular complexity index is 653. The summed E-state index contributed by atoms with van der Waals surface area (Å²) in [5.41, 5.74) is 0.311. The van der Waals surface area contributed by atoms with E-state index in [4.69, 9.17) is 11.6 Å². The highest BCUT2D eigenvalue weighted by molar-refractivity contribution is 9.10. The Hall–Kier alpha value is -0.140. The molecule has 3 rings (SSSR count). The molecular formula is C14H18BrClN2O2S. The Labute approximate surface area is 139 Å². The fraction of sp³-hybridized carbons (Fsp3) is 0.571. The zero-order valence-corrected chi connectivity index (χ0v) is 15.0. The van der Waals surface area contributed by atoms with Gasteiger partial charge in [0.2, 0.25) is 10.0 Å². The number of piperazine rings is 1. The number of benzene rings is 1. The van der Waals surface area contributed by atoms with Crippen LogP contribution < -0.4 is 0 Å². The molecular weight excluding hydrogens is 376 g/mol. The lowest BCUT2D eigenvalue weighted by Crippen LogP contribution is -2.52. The molecule has 1 heterocycles. The van der Waals surface area contributed by atoms with E-state index in [1.807, 2.05) is 0 Å². The van der Waals surface area contributed by atoms with Crippen LogP contribution in [0.5, 0.6) is 0 Å². The summed E-state index contributed by atoms with van der Waals surface area (Å²) in [6, 6.07) is 4.90. The third-order valence-electron chi connectivity index (χ3n) is 4.49. The Balaban J connectivity index is 1.77. The average Bonchev–Trinajstić information content (AvgIpc) is 3.18. The number of nitrogens with zero attached hydrogens (tertiary/aromatic N) is 2. The van der Waals surface area contributed by atoms with Crippen molar-refractivity contribution in [3.63, 3.8) is 0 Å². The van der Waals surface area contributed by atoms with Crippen molar-refractivity contribution in [2.75, 3.05) is 26.2 Å². The second-order valence-electron chi connectivity index (χ2n) is 5.96. The van der Waals surface area contributed by atoms with Crippen molar-refractivity contribution in [2.45, 2.75) is 30.2 Å². The summed E-state index contributed by atoms with van der Waals surface area (Å²) in [6.45, 7) is 4.91. The van der Waals surface area contributed by atoms with Crippen molar-refractivity contribution in [3.8, 4) is 0 Å². The second-order valence-corrected chi connectivity index (χ2v) is 9.19. The molecule has 1 saturated heterocycles. The number of halogens is 2. The van der Waals surface area contributed by atoms with Crippen molar-refractivity contribution in [1.82, 2.24) is 9.21 Å². The largest absolute Gasteiger partial charge is 0.295 e. The van der Waals surface area contributed by atoms with Crippen molar-refractivity contribution in [2.24, 2.45) is 0 Å². The summed E-state index contributed by atoms with van der Waals surface area (Å²) < 4.78 is 27.7. The number of rotatable bonds is 3. The van der Waals surface area contributed by atoms with E-state index in [1.165, 1.54) is 12.8 Å². The van der Waals surface area contributed by atoms with E-state index >= 15 is 0 Å². The van der Waals surface area contributed by atoms with Gasteiger partial charge in [-0.3, -0.25) is 4.90 Å². The Morgan fingerprint density at radius 3 is 2.33 bits per heavy atom. The smallest absolute Gasteiger partial charge is 0.244 e. The lowest BCUT2D eigenvalue weighted by Gasteiger charge is -2.37. The fourth-order valence-electron chi connectivity index (χ4n) is 2.79. The van der Waals surface area contributed by atoms with Crippen LogP contribution in [0, 0.1) is 0 Å². The van der Waals surface area contributed by atoms with Crippen LogP contribution >= 0.6 is 27.5 Å². The van der Waals surface area contributed by atoms with E-state index in [2.05, 4.69) is 27.8 Å². The molecule has 1 aliphatic heterocycles. The molecule has 0 aromatic heterocycles. The molecule has 0 radical (unpaired) electrons. The second kappa shape index (κ2) is 5.49. The number of hydrogen-bond donors (Lipinski definition) is 0. The SMILES string of the molecule is CC1(N2CCN(S(=O)(=O)c3ccc(Br)cc3Cl)CC2)CC1. The molecule has 1 aromatic rings. The predicted octanol–water partition coefficient (Wildman–Crippen LogP) is 2.96. The van der Waals surface area contributed by atoms with Crippen LogP contribution in [-0.2, 0) is 10.0 Å². The van der Waals surface area contributed by atoms with E-state index < -0.39 is 10.0 Å². The van der Waals surface area contributed by atoms with Gasteiger partial charge in [0.25, 0.3) is 0 Å². The maximum atomic E-state index is 12.7. The first-order valence-electron chi connectivity index (χ1n) is 7.03. The van der Waals surface area contributed by atoms with Crippen LogP contribution in [-0.4, -0.2) is 49.3 Å². The van der Waals surface area contributed by atoms with Gasteiger partial charge >= 0.3 is 0 Å². The molecule has 1 saturated carbocycles. The third kappa shape index (κ3) is 3.01. The summed E-state index contributed by atoms with van der Waals surface area (Å²) in [5, 5.41) is 0.265. The minimum absolute atomic E-state index is 0.193. The average molecular weight is 394 g/mol. The molecule has 0 atom stereocenters. The molecule has 21 heavy (non-hydrogen) atoms. The molecule has 116 valence electrons. The zero-order chi connectivity index (χ0) is 15.3. The van der Waals surface area contributed by atoms with Crippen LogP contribution in [0.4, 0.5) is 0 Å². The van der Waals surface area contributed by atoms with Crippen molar-refractivity contribution < 1.29 is 8.42 Å². The van der Waals surface area contributed by atoms with E-state index in [0.717, 1.165) is 17.6 Å². The minimum Gasteiger partial charge on any atom is -0.295 e. The number of sulfonamides is 1. The Morgan fingerprint density at radius 1 is 1.19 bits per heavy atom. The van der Waals surface area contributed by atoms with Crippen LogP contribution in [0.15, 0.2) is 27.6 Å². The molecule has 2 aliphatic rings. The first-order chi connectivity index (χ1) is 9.83. The van der Waals surface area contributed by atoms with Gasteiger partial charge in [-0.2, -0.15) is 4.31 Å². The monoisotopic (exact) mass is 392 g/mol. The minimum atomic E-state index is -3.50. The van der Waals surface area contributed by atoms with Gasteiger partial charge in [0.15, 0.2) is 0 Å². The van der Waals surface area contributed by atoms with E-state index in [-0.39, 0.29) is 9.92 Å². The standard InChI is InChI=1S/C14H18BrClN2O2S/c1-14(4-5-14)17-6-8-18(9-7-17)21(19,20)13-3-2-11(15)10-12(13)16/h2-3,10H,4-9H2,1H3. The van der Waals surface area contributed by atoms with Gasteiger partial charge in [-0.05, 0) is 38.0 Å². The third-order valence-corrected chi connectivity index (χ3v) is 7.36. The zero-order valence-electron chi connectivity index (χ0n) is 11.8. The summed E-state index contributed by atoms with van der Waals surface area (Å²) in [5.74, 6) is 0. The first-order valence-corrected chi connectivity index (χ1v) is 9.64. The molecule has 0 amide bonds. The molecule has 4 nitrogen and oxygen atoms in total. The van der Waals surface area contributed by atoms with Crippen molar-refractivity contribution in [1.29, 1.82) is 0 Å². The van der Waals surface area contributed by atoms with Gasteiger partial charge in [-0.25, -0.2) is 8.42 Å². The predicted molar refractivity (Wildman–Crippen MR) is 87.1 cm³/mol. The van der Waals surface area contributed by atoms with Gasteiger partial charge in [0.05, 0.1) is 5.02 Å². The number of hydrogen-bond acceptors (Lipinski definition) is 3. The molecule has 0 spiro atoms. The van der Waals surface area contributed by atoms with E-state index in [0.29, 0.717) is 18.6 Å². The molecule has 0 bridgehead atoms. The highest BCUT2D eigenvalue weighted by Gasteiger charge is 2.45. The van der Waals surface area contributed by atoms with Crippen molar-refractivity contribution >= 4 is 37.6 Å². The first kappa shape index (κ1) is 15.7. The maximum Gasteiger partial charge on any atom is 0.244 e. The Morgan fingerprint density at radius 2 is 1.81 bits per heavy atom. The van der Waals surface area contributed by atoms with Crippen LogP contribution in [0.2, 0.25) is 5.02 Å². The summed E-state index contributed by atoms with van der Waals surface area (Å²) in [4.78, 5) is 2.60. The van der Waals surface area contributed by atoms with Crippen LogP contribution in [0.3, 0.4) is 0 Å². The molecule has 1 aliphatic carbocycles. The van der Waals surface area contributed by atoms with Gasteiger partial charge < -0.3 is 0 Å². The van der Waals surface area contributed by atoms with Crippen LogP contribution in [0.25, 0.3) is 0 Å². The van der Waals surface area contributed by atoms with Gasteiger partial charge in [-0.1, -0.05) is 27.5 Å². The summed E-state index contributed by atoms with van der Waals surface area (Å²) >= 11 is 9.39. The topological polar surface area (TPSA) is 40.6 Å². The maximum absolute atomic E-state index is 12.7. The highest BCUT2D eigenvalue weighted by Crippen LogP contribution is 2.41.